The van der Waals surface area contributed by atoms with Gasteiger partial charge in [-0.2, -0.15) is 0 Å². The van der Waals surface area contributed by atoms with Crippen molar-refractivity contribution in [3.63, 3.8) is 0 Å². The molecule has 4 heterocycles. The number of amides is 2. The largest absolute Gasteiger partial charge is 0.379 e. The number of hydrogen-bond acceptors (Lipinski definition) is 4. The standard InChI is InChI=1S/C18H29N5O2/c1-20-9-5-19-16(20)12-21-8-4-18(13-21)14-23(10-11-25-15-18)17(24)22-6-2-3-7-22/h5,9H,2-4,6-8,10-15H2,1H3. The van der Waals surface area contributed by atoms with E-state index in [0.29, 0.717) is 6.61 Å². The van der Waals surface area contributed by atoms with E-state index < -0.39 is 0 Å². The molecule has 0 aliphatic carbocycles. The minimum absolute atomic E-state index is 0.0665. The van der Waals surface area contributed by atoms with Gasteiger partial charge in [-0.25, -0.2) is 9.78 Å². The number of likely N-dealkylation sites (tertiary alicyclic amines) is 2. The Hall–Kier alpha value is -1.60. The number of aromatic nitrogens is 2. The van der Waals surface area contributed by atoms with Gasteiger partial charge < -0.3 is 19.1 Å². The van der Waals surface area contributed by atoms with E-state index in [-0.39, 0.29) is 11.4 Å². The van der Waals surface area contributed by atoms with Gasteiger partial charge in [-0.1, -0.05) is 0 Å². The lowest BCUT2D eigenvalue weighted by atomic mass is 9.87. The fraction of sp³-hybridized carbons (Fsp3) is 0.778. The van der Waals surface area contributed by atoms with E-state index in [0.717, 1.165) is 77.5 Å². The molecule has 4 rings (SSSR count). The fourth-order valence-corrected chi connectivity index (χ4v) is 4.42. The van der Waals surface area contributed by atoms with Crippen molar-refractivity contribution >= 4 is 6.03 Å². The van der Waals surface area contributed by atoms with Gasteiger partial charge in [-0.15, -0.1) is 0 Å². The van der Waals surface area contributed by atoms with Crippen LogP contribution in [0.1, 0.15) is 25.1 Å². The number of urea groups is 1. The van der Waals surface area contributed by atoms with Crippen molar-refractivity contribution in [2.24, 2.45) is 12.5 Å². The summed E-state index contributed by atoms with van der Waals surface area (Å²) >= 11 is 0. The number of aryl methyl sites for hydroxylation is 1. The lowest BCUT2D eigenvalue weighted by molar-refractivity contribution is 0.0707. The van der Waals surface area contributed by atoms with Gasteiger partial charge in [0, 0.05) is 57.6 Å². The lowest BCUT2D eigenvalue weighted by Crippen LogP contribution is -2.48. The third-order valence-corrected chi connectivity index (χ3v) is 5.89. The number of hydrogen-bond donors (Lipinski definition) is 0. The maximum absolute atomic E-state index is 12.8. The first-order chi connectivity index (χ1) is 12.2. The SMILES string of the molecule is Cn1ccnc1CN1CCC2(COCCN(C(=O)N3CCCC3)C2)C1. The number of carbonyl (C=O) groups is 1. The summed E-state index contributed by atoms with van der Waals surface area (Å²) in [4.78, 5) is 23.8. The van der Waals surface area contributed by atoms with Gasteiger partial charge in [-0.3, -0.25) is 4.90 Å². The quantitative estimate of drug-likeness (QED) is 0.806. The number of nitrogens with zero attached hydrogens (tertiary/aromatic N) is 5. The zero-order chi connectivity index (χ0) is 17.3. The van der Waals surface area contributed by atoms with Crippen molar-refractivity contribution < 1.29 is 9.53 Å². The normalized spacial score (nSPS) is 28.0. The Morgan fingerprint density at radius 3 is 2.80 bits per heavy atom. The molecule has 3 saturated heterocycles. The second kappa shape index (κ2) is 6.96. The molecule has 0 N–H and O–H groups in total. The predicted molar refractivity (Wildman–Crippen MR) is 94.1 cm³/mol. The molecule has 7 nitrogen and oxygen atoms in total. The Morgan fingerprint density at radius 1 is 1.20 bits per heavy atom. The minimum Gasteiger partial charge on any atom is -0.379 e. The van der Waals surface area contributed by atoms with E-state index in [1.807, 2.05) is 29.2 Å². The number of rotatable bonds is 2. The highest BCUT2D eigenvalue weighted by Gasteiger charge is 2.43. The van der Waals surface area contributed by atoms with Gasteiger partial charge in [0.25, 0.3) is 0 Å². The average Bonchev–Trinajstić information content (AvgIpc) is 3.31. The second-order valence-electron chi connectivity index (χ2n) is 7.87. The third kappa shape index (κ3) is 3.53. The van der Waals surface area contributed by atoms with Crippen LogP contribution >= 0.6 is 0 Å². The molecule has 1 unspecified atom stereocenters. The molecule has 3 aliphatic heterocycles. The average molecular weight is 347 g/mol. The van der Waals surface area contributed by atoms with Gasteiger partial charge in [0.2, 0.25) is 0 Å². The van der Waals surface area contributed by atoms with E-state index in [4.69, 9.17) is 4.74 Å². The molecule has 25 heavy (non-hydrogen) atoms. The molecule has 0 bridgehead atoms. The molecule has 3 fully saturated rings. The fourth-order valence-electron chi connectivity index (χ4n) is 4.42. The van der Waals surface area contributed by atoms with Crippen LogP contribution in [0.2, 0.25) is 0 Å². The molecular formula is C18H29N5O2. The van der Waals surface area contributed by atoms with E-state index in [9.17, 15) is 4.79 Å². The monoisotopic (exact) mass is 347 g/mol. The van der Waals surface area contributed by atoms with Gasteiger partial charge >= 0.3 is 6.03 Å². The molecule has 0 aromatic carbocycles. The molecule has 7 heteroatoms. The summed E-state index contributed by atoms with van der Waals surface area (Å²) in [5.74, 6) is 1.09. The van der Waals surface area contributed by atoms with Crippen LogP contribution in [0, 0.1) is 5.41 Å². The first-order valence-electron chi connectivity index (χ1n) is 9.45. The van der Waals surface area contributed by atoms with Gasteiger partial charge in [0.05, 0.1) is 19.8 Å². The van der Waals surface area contributed by atoms with E-state index >= 15 is 0 Å². The third-order valence-electron chi connectivity index (χ3n) is 5.89. The van der Waals surface area contributed by atoms with Crippen LogP contribution in [-0.4, -0.2) is 82.8 Å². The molecular weight excluding hydrogens is 318 g/mol. The van der Waals surface area contributed by atoms with Crippen LogP contribution in [0.5, 0.6) is 0 Å². The topological polar surface area (TPSA) is 53.8 Å². The van der Waals surface area contributed by atoms with E-state index in [1.54, 1.807) is 0 Å². The molecule has 138 valence electrons. The van der Waals surface area contributed by atoms with Gasteiger partial charge in [-0.05, 0) is 25.8 Å². The minimum atomic E-state index is 0.0665. The van der Waals surface area contributed by atoms with Crippen molar-refractivity contribution in [1.82, 2.24) is 24.3 Å². The first kappa shape index (κ1) is 16.8. The summed E-state index contributed by atoms with van der Waals surface area (Å²) in [6.07, 6.45) is 7.21. The van der Waals surface area contributed by atoms with Crippen LogP contribution in [0.15, 0.2) is 12.4 Å². The summed E-state index contributed by atoms with van der Waals surface area (Å²) in [6.45, 7) is 7.66. The van der Waals surface area contributed by atoms with E-state index in [1.165, 1.54) is 0 Å². The maximum atomic E-state index is 12.8. The van der Waals surface area contributed by atoms with Crippen molar-refractivity contribution in [3.05, 3.63) is 18.2 Å². The molecule has 1 aromatic heterocycles. The highest BCUT2D eigenvalue weighted by Crippen LogP contribution is 2.34. The molecule has 1 atom stereocenters. The summed E-state index contributed by atoms with van der Waals surface area (Å²) in [6, 6.07) is 0.213. The highest BCUT2D eigenvalue weighted by molar-refractivity contribution is 5.74. The molecule has 1 spiro atoms. The van der Waals surface area contributed by atoms with Crippen molar-refractivity contribution in [2.45, 2.75) is 25.8 Å². The van der Waals surface area contributed by atoms with Crippen LogP contribution in [0.3, 0.4) is 0 Å². The molecule has 1 aromatic rings. The summed E-state index contributed by atoms with van der Waals surface area (Å²) in [7, 11) is 2.04. The summed E-state index contributed by atoms with van der Waals surface area (Å²) < 4.78 is 8.00. The van der Waals surface area contributed by atoms with Crippen LogP contribution in [0.4, 0.5) is 4.79 Å². The smallest absolute Gasteiger partial charge is 0.320 e. The van der Waals surface area contributed by atoms with Crippen LogP contribution in [0.25, 0.3) is 0 Å². The Kier molecular flexibility index (Phi) is 4.69. The van der Waals surface area contributed by atoms with Crippen LogP contribution in [-0.2, 0) is 18.3 Å². The summed E-state index contributed by atoms with van der Waals surface area (Å²) in [5, 5.41) is 0. The van der Waals surface area contributed by atoms with Gasteiger partial charge in [0.1, 0.15) is 5.82 Å². The van der Waals surface area contributed by atoms with Crippen molar-refractivity contribution in [2.75, 3.05) is 52.5 Å². The predicted octanol–water partition coefficient (Wildman–Crippen LogP) is 1.16. The second-order valence-corrected chi connectivity index (χ2v) is 7.87. The van der Waals surface area contributed by atoms with E-state index in [2.05, 4.69) is 14.5 Å². The number of ether oxygens (including phenoxy) is 1. The van der Waals surface area contributed by atoms with Crippen molar-refractivity contribution in [3.8, 4) is 0 Å². The lowest BCUT2D eigenvalue weighted by Gasteiger charge is -2.34. The van der Waals surface area contributed by atoms with Gasteiger partial charge in [0.15, 0.2) is 0 Å². The first-order valence-corrected chi connectivity index (χ1v) is 9.45. The zero-order valence-corrected chi connectivity index (χ0v) is 15.2. The Labute approximate surface area is 149 Å². The van der Waals surface area contributed by atoms with Crippen molar-refractivity contribution in [1.29, 1.82) is 0 Å². The Balaban J connectivity index is 1.41. The Morgan fingerprint density at radius 2 is 2.04 bits per heavy atom. The Bertz CT molecular complexity index is 612. The van der Waals surface area contributed by atoms with Crippen LogP contribution < -0.4 is 0 Å². The highest BCUT2D eigenvalue weighted by atomic mass is 16.5. The summed E-state index contributed by atoms with van der Waals surface area (Å²) in [5.41, 5.74) is 0.0665. The molecule has 2 amide bonds. The maximum Gasteiger partial charge on any atom is 0.320 e. The number of imidazole rings is 1. The molecule has 0 radical (unpaired) electrons. The zero-order valence-electron chi connectivity index (χ0n) is 15.2. The number of carbonyl (C=O) groups excluding carboxylic acids is 1. The molecule has 3 aliphatic rings. The molecule has 0 saturated carbocycles.